The minimum absolute atomic E-state index is 1.26. The third kappa shape index (κ3) is 3.89. The molecule has 12 aromatic rings. The molecule has 0 saturated carbocycles. The van der Waals surface area contributed by atoms with Gasteiger partial charge < -0.3 is 0 Å². The van der Waals surface area contributed by atoms with Gasteiger partial charge >= 0.3 is 0 Å². The van der Waals surface area contributed by atoms with Crippen molar-refractivity contribution in [3.63, 3.8) is 0 Å². The first-order chi connectivity index (χ1) is 25.3. The molecule has 0 amide bonds. The third-order valence-corrected chi connectivity index (χ3v) is 14.4. The molecule has 0 radical (unpaired) electrons. The number of benzene rings is 9. The summed E-state index contributed by atoms with van der Waals surface area (Å²) in [4.78, 5) is 0. The van der Waals surface area contributed by atoms with Gasteiger partial charge in [-0.15, -0.1) is 34.0 Å². The summed E-state index contributed by atoms with van der Waals surface area (Å²) in [6.07, 6.45) is 0. The Morgan fingerprint density at radius 1 is 0.255 bits per heavy atom. The Bertz CT molecular complexity index is 3370. The van der Waals surface area contributed by atoms with Crippen molar-refractivity contribution in [2.75, 3.05) is 0 Å². The standard InChI is InChI=1S/C48H26S3/c1-3-14-33-31(12-1)43(32-13-2-4-15-34(32)44(33)28-21-23-30-29-11-7-9-19-39(29)49-42(30)26-28)27-22-24-41-38(25-27)45-35-16-5-6-17-36(35)47-46(48(45)51-41)37-18-8-10-20-40(37)50-47/h1-26H. The molecule has 51 heavy (non-hydrogen) atoms. The highest BCUT2D eigenvalue weighted by Crippen LogP contribution is 2.51. The van der Waals surface area contributed by atoms with Gasteiger partial charge in [0.05, 0.1) is 0 Å². The molecule has 9 aromatic carbocycles. The summed E-state index contributed by atoms with van der Waals surface area (Å²) in [5, 5.41) is 16.0. The predicted molar refractivity (Wildman–Crippen MR) is 228 cm³/mol. The minimum atomic E-state index is 1.26. The number of hydrogen-bond donors (Lipinski definition) is 0. The Kier molecular flexibility index (Phi) is 5.78. The van der Waals surface area contributed by atoms with Gasteiger partial charge in [-0.05, 0) is 79.5 Å². The Balaban J connectivity index is 1.17. The molecule has 0 spiro atoms. The smallest absolute Gasteiger partial charge is 0.0455 e. The molecule has 3 heteroatoms. The van der Waals surface area contributed by atoms with Gasteiger partial charge in [0.15, 0.2) is 0 Å². The summed E-state index contributed by atoms with van der Waals surface area (Å²) in [6, 6.07) is 59.1. The second-order valence-corrected chi connectivity index (χ2v) is 16.7. The quantitative estimate of drug-likeness (QED) is 0.158. The Morgan fingerprint density at radius 2 is 0.725 bits per heavy atom. The summed E-state index contributed by atoms with van der Waals surface area (Å²) in [7, 11) is 0. The van der Waals surface area contributed by atoms with Crippen molar-refractivity contribution in [2.45, 2.75) is 0 Å². The van der Waals surface area contributed by atoms with E-state index in [1.54, 1.807) is 0 Å². The minimum Gasteiger partial charge on any atom is -0.135 e. The van der Waals surface area contributed by atoms with Gasteiger partial charge in [-0.2, -0.15) is 0 Å². The molecular weight excluding hydrogens is 673 g/mol. The highest BCUT2D eigenvalue weighted by Gasteiger charge is 2.21. The topological polar surface area (TPSA) is 0 Å². The zero-order valence-corrected chi connectivity index (χ0v) is 29.7. The largest absolute Gasteiger partial charge is 0.135 e. The summed E-state index contributed by atoms with van der Waals surface area (Å²) in [5.74, 6) is 0. The van der Waals surface area contributed by atoms with Gasteiger partial charge in [-0.25, -0.2) is 0 Å². The Labute approximate surface area is 305 Å². The predicted octanol–water partition coefficient (Wildman–Crippen LogP) is 15.6. The van der Waals surface area contributed by atoms with Crippen LogP contribution in [0.4, 0.5) is 0 Å². The maximum absolute atomic E-state index is 2.48. The maximum Gasteiger partial charge on any atom is 0.0455 e. The van der Waals surface area contributed by atoms with Crippen molar-refractivity contribution >= 4 is 127 Å². The highest BCUT2D eigenvalue weighted by atomic mass is 32.1. The van der Waals surface area contributed by atoms with Crippen molar-refractivity contribution in [2.24, 2.45) is 0 Å². The number of fused-ring (bicyclic) bond motifs is 15. The second kappa shape index (κ2) is 10.5. The van der Waals surface area contributed by atoms with Gasteiger partial charge in [0.2, 0.25) is 0 Å². The van der Waals surface area contributed by atoms with Crippen LogP contribution in [-0.2, 0) is 0 Å². The fourth-order valence-corrected chi connectivity index (χ4v) is 12.4. The molecule has 3 aromatic heterocycles. The van der Waals surface area contributed by atoms with Crippen molar-refractivity contribution in [1.82, 2.24) is 0 Å². The van der Waals surface area contributed by atoms with E-state index in [0.717, 1.165) is 0 Å². The van der Waals surface area contributed by atoms with E-state index in [1.807, 2.05) is 34.0 Å². The second-order valence-electron chi connectivity index (χ2n) is 13.5. The zero-order valence-electron chi connectivity index (χ0n) is 27.2. The lowest BCUT2D eigenvalue weighted by Gasteiger charge is -2.18. The third-order valence-electron chi connectivity index (χ3n) is 10.8. The summed E-state index contributed by atoms with van der Waals surface area (Å²) < 4.78 is 8.16. The van der Waals surface area contributed by atoms with Crippen molar-refractivity contribution in [1.29, 1.82) is 0 Å². The Hall–Kier alpha value is -5.58. The van der Waals surface area contributed by atoms with E-state index in [2.05, 4.69) is 158 Å². The van der Waals surface area contributed by atoms with Gasteiger partial charge in [-0.3, -0.25) is 0 Å². The first-order valence-corrected chi connectivity index (χ1v) is 19.8. The van der Waals surface area contributed by atoms with Crippen molar-refractivity contribution < 1.29 is 0 Å². The first kappa shape index (κ1) is 28.2. The number of hydrogen-bond acceptors (Lipinski definition) is 3. The van der Waals surface area contributed by atoms with Crippen molar-refractivity contribution in [3.05, 3.63) is 158 Å². The van der Waals surface area contributed by atoms with E-state index in [1.165, 1.54) is 115 Å². The SMILES string of the molecule is c1ccc2c(c1)sc1cc(-c3c4ccccc4c(-c4ccc5sc6c(c5c4)c4ccccc4c4sc5ccccc5c46)c4ccccc34)ccc12. The van der Waals surface area contributed by atoms with E-state index in [-0.39, 0.29) is 0 Å². The van der Waals surface area contributed by atoms with Crippen LogP contribution < -0.4 is 0 Å². The van der Waals surface area contributed by atoms with Crippen LogP contribution in [0, 0.1) is 0 Å². The molecule has 0 aliphatic rings. The summed E-state index contributed by atoms with van der Waals surface area (Å²) in [6.45, 7) is 0. The molecule has 0 aliphatic carbocycles. The average molecular weight is 699 g/mol. The van der Waals surface area contributed by atoms with Crippen LogP contribution >= 0.6 is 34.0 Å². The molecule has 0 atom stereocenters. The highest BCUT2D eigenvalue weighted by molar-refractivity contribution is 7.30. The van der Waals surface area contributed by atoms with Crippen LogP contribution in [0.5, 0.6) is 0 Å². The van der Waals surface area contributed by atoms with E-state index in [4.69, 9.17) is 0 Å². The summed E-state index contributed by atoms with van der Waals surface area (Å²) in [5.41, 5.74) is 5.15. The number of thiophene rings is 3. The van der Waals surface area contributed by atoms with E-state index < -0.39 is 0 Å². The lowest BCUT2D eigenvalue weighted by atomic mass is 9.85. The number of rotatable bonds is 2. The van der Waals surface area contributed by atoms with Gasteiger partial charge in [0, 0.05) is 65.9 Å². The molecule has 0 nitrogen and oxygen atoms in total. The van der Waals surface area contributed by atoms with Crippen LogP contribution in [0.3, 0.4) is 0 Å². The average Bonchev–Trinajstić information content (AvgIpc) is 3.88. The molecule has 0 saturated heterocycles. The van der Waals surface area contributed by atoms with Gasteiger partial charge in [-0.1, -0.05) is 127 Å². The normalized spacial score (nSPS) is 12.3. The molecule has 0 unspecified atom stereocenters. The molecule has 236 valence electrons. The molecule has 12 rings (SSSR count). The van der Waals surface area contributed by atoms with Crippen LogP contribution in [0.2, 0.25) is 0 Å². The molecule has 0 aliphatic heterocycles. The van der Waals surface area contributed by atoms with Crippen LogP contribution in [0.15, 0.2) is 158 Å². The lowest BCUT2D eigenvalue weighted by Crippen LogP contribution is -1.90. The molecule has 3 heterocycles. The zero-order chi connectivity index (χ0) is 33.2. The van der Waals surface area contributed by atoms with Crippen LogP contribution in [-0.4, -0.2) is 0 Å². The molecular formula is C48H26S3. The molecule has 0 fully saturated rings. The van der Waals surface area contributed by atoms with Crippen LogP contribution in [0.25, 0.3) is 115 Å². The van der Waals surface area contributed by atoms with Gasteiger partial charge in [0.1, 0.15) is 0 Å². The fraction of sp³-hybridized carbons (Fsp3) is 0. The fourth-order valence-electron chi connectivity index (χ4n) is 8.69. The van der Waals surface area contributed by atoms with Crippen molar-refractivity contribution in [3.8, 4) is 22.3 Å². The van der Waals surface area contributed by atoms with Crippen LogP contribution in [0.1, 0.15) is 0 Å². The monoisotopic (exact) mass is 698 g/mol. The molecule has 0 bridgehead atoms. The van der Waals surface area contributed by atoms with Gasteiger partial charge in [0.25, 0.3) is 0 Å². The summed E-state index contributed by atoms with van der Waals surface area (Å²) >= 11 is 5.76. The first-order valence-electron chi connectivity index (χ1n) is 17.3. The van der Waals surface area contributed by atoms with E-state index in [0.29, 0.717) is 0 Å². The lowest BCUT2D eigenvalue weighted by molar-refractivity contribution is 1.70. The van der Waals surface area contributed by atoms with E-state index in [9.17, 15) is 0 Å². The molecule has 0 N–H and O–H groups in total. The van der Waals surface area contributed by atoms with E-state index >= 15 is 0 Å². The Morgan fingerprint density at radius 3 is 1.41 bits per heavy atom. The maximum atomic E-state index is 2.48.